The fourth-order valence-corrected chi connectivity index (χ4v) is 2.65. The maximum Gasteiger partial charge on any atom is 0.241 e. The number of amides is 1. The van der Waals surface area contributed by atoms with Gasteiger partial charge in [-0.05, 0) is 30.2 Å². The Morgan fingerprint density at radius 1 is 1.50 bits per heavy atom. The van der Waals surface area contributed by atoms with E-state index in [0.717, 1.165) is 24.0 Å². The lowest BCUT2D eigenvalue weighted by Crippen LogP contribution is -2.37. The molecule has 1 heterocycles. The molecule has 0 aromatic heterocycles. The van der Waals surface area contributed by atoms with Crippen LogP contribution in [0, 0.1) is 0 Å². The first-order chi connectivity index (χ1) is 9.35. The van der Waals surface area contributed by atoms with Gasteiger partial charge in [0.25, 0.3) is 0 Å². The Bertz CT molecular complexity index is 613. The molecule has 7 heteroatoms. The van der Waals surface area contributed by atoms with Crippen LogP contribution in [0.5, 0.6) is 5.75 Å². The molecule has 0 bridgehead atoms. The second-order valence-corrected chi connectivity index (χ2v) is 7.20. The molecule has 1 atom stereocenters. The first-order valence-corrected chi connectivity index (χ1v) is 8.41. The third-order valence-corrected chi connectivity index (χ3v) is 4.07. The SMILES string of the molecule is CS(=O)(=O)CCC(N)C(=O)Nc1ccc2c(c1)CCO2. The summed E-state index contributed by atoms with van der Waals surface area (Å²) >= 11 is 0. The minimum Gasteiger partial charge on any atom is -0.493 e. The monoisotopic (exact) mass is 298 g/mol. The van der Waals surface area contributed by atoms with Crippen molar-refractivity contribution in [2.24, 2.45) is 5.73 Å². The van der Waals surface area contributed by atoms with Crippen LogP contribution in [0.4, 0.5) is 5.69 Å². The molecule has 110 valence electrons. The quantitative estimate of drug-likeness (QED) is 0.816. The van der Waals surface area contributed by atoms with Gasteiger partial charge in [-0.25, -0.2) is 8.42 Å². The van der Waals surface area contributed by atoms with Gasteiger partial charge < -0.3 is 15.8 Å². The number of carbonyl (C=O) groups is 1. The molecular weight excluding hydrogens is 280 g/mol. The minimum absolute atomic E-state index is 0.0976. The number of carbonyl (C=O) groups excluding carboxylic acids is 1. The van der Waals surface area contributed by atoms with Gasteiger partial charge in [0.1, 0.15) is 15.6 Å². The zero-order valence-electron chi connectivity index (χ0n) is 11.3. The van der Waals surface area contributed by atoms with Crippen LogP contribution < -0.4 is 15.8 Å². The highest BCUT2D eigenvalue weighted by atomic mass is 32.2. The van der Waals surface area contributed by atoms with Gasteiger partial charge in [-0.15, -0.1) is 0 Å². The number of nitrogens with one attached hydrogen (secondary N) is 1. The van der Waals surface area contributed by atoms with Crippen LogP contribution in [0.3, 0.4) is 0 Å². The zero-order valence-corrected chi connectivity index (χ0v) is 12.1. The van der Waals surface area contributed by atoms with E-state index in [1.165, 1.54) is 0 Å². The summed E-state index contributed by atoms with van der Waals surface area (Å²) in [6.07, 6.45) is 2.05. The van der Waals surface area contributed by atoms with Gasteiger partial charge in [0.05, 0.1) is 18.4 Å². The second kappa shape index (κ2) is 5.80. The number of anilines is 1. The average Bonchev–Trinajstić information content (AvgIpc) is 2.82. The maximum absolute atomic E-state index is 11.9. The number of rotatable bonds is 5. The van der Waals surface area contributed by atoms with Crippen LogP contribution in [0.2, 0.25) is 0 Å². The van der Waals surface area contributed by atoms with E-state index in [0.29, 0.717) is 12.3 Å². The smallest absolute Gasteiger partial charge is 0.241 e. The Labute approximate surface area is 118 Å². The summed E-state index contributed by atoms with van der Waals surface area (Å²) in [5.41, 5.74) is 7.38. The van der Waals surface area contributed by atoms with Gasteiger partial charge >= 0.3 is 0 Å². The van der Waals surface area contributed by atoms with Gasteiger partial charge in [0, 0.05) is 18.4 Å². The van der Waals surface area contributed by atoms with Gasteiger partial charge in [-0.3, -0.25) is 4.79 Å². The van der Waals surface area contributed by atoms with E-state index in [2.05, 4.69) is 5.32 Å². The summed E-state index contributed by atoms with van der Waals surface area (Å²) < 4.78 is 27.5. The topological polar surface area (TPSA) is 98.5 Å². The van der Waals surface area contributed by atoms with E-state index in [1.54, 1.807) is 12.1 Å². The Morgan fingerprint density at radius 2 is 2.25 bits per heavy atom. The van der Waals surface area contributed by atoms with E-state index in [1.807, 2.05) is 6.07 Å². The van der Waals surface area contributed by atoms with Crippen LogP contribution in [-0.4, -0.2) is 39.0 Å². The molecule has 1 aromatic carbocycles. The Hall–Kier alpha value is -1.60. The van der Waals surface area contributed by atoms with Gasteiger partial charge in [0.15, 0.2) is 0 Å². The number of hydrogen-bond donors (Lipinski definition) is 2. The third-order valence-electron chi connectivity index (χ3n) is 3.09. The minimum atomic E-state index is -3.11. The standard InChI is InChI=1S/C13H18N2O4S/c1-20(17,18)7-5-11(14)13(16)15-10-2-3-12-9(8-10)4-6-19-12/h2-3,8,11H,4-7,14H2,1H3,(H,15,16). The molecule has 1 aliphatic heterocycles. The Balaban J connectivity index is 1.94. The summed E-state index contributed by atoms with van der Waals surface area (Å²) in [5.74, 6) is 0.358. The number of fused-ring (bicyclic) bond motifs is 1. The van der Waals surface area contributed by atoms with Crippen molar-refractivity contribution >= 4 is 21.4 Å². The third kappa shape index (κ3) is 3.94. The van der Waals surface area contributed by atoms with Crippen LogP contribution in [-0.2, 0) is 21.1 Å². The predicted octanol–water partition coefficient (Wildman–Crippen LogP) is 0.322. The lowest BCUT2D eigenvalue weighted by Gasteiger charge is -2.12. The van der Waals surface area contributed by atoms with Crippen molar-refractivity contribution in [1.29, 1.82) is 0 Å². The Morgan fingerprint density at radius 3 is 2.95 bits per heavy atom. The number of sulfone groups is 1. The van der Waals surface area contributed by atoms with Crippen molar-refractivity contribution in [2.45, 2.75) is 18.9 Å². The average molecular weight is 298 g/mol. The first-order valence-electron chi connectivity index (χ1n) is 6.35. The number of ether oxygens (including phenoxy) is 1. The second-order valence-electron chi connectivity index (χ2n) is 4.94. The van der Waals surface area contributed by atoms with Crippen LogP contribution in [0.1, 0.15) is 12.0 Å². The highest BCUT2D eigenvalue weighted by Gasteiger charge is 2.17. The maximum atomic E-state index is 11.9. The molecule has 0 fully saturated rings. The Kier molecular flexibility index (Phi) is 4.29. The molecule has 0 saturated heterocycles. The van der Waals surface area contributed by atoms with Crippen molar-refractivity contribution < 1.29 is 17.9 Å². The highest BCUT2D eigenvalue weighted by Crippen LogP contribution is 2.27. The molecule has 0 saturated carbocycles. The van der Waals surface area contributed by atoms with Crippen molar-refractivity contribution in [2.75, 3.05) is 23.9 Å². The molecule has 6 nitrogen and oxygen atoms in total. The van der Waals surface area contributed by atoms with E-state index < -0.39 is 15.9 Å². The zero-order chi connectivity index (χ0) is 14.8. The number of nitrogens with two attached hydrogens (primary N) is 1. The predicted molar refractivity (Wildman–Crippen MR) is 76.6 cm³/mol. The normalized spacial score (nSPS) is 15.3. The molecule has 20 heavy (non-hydrogen) atoms. The largest absolute Gasteiger partial charge is 0.493 e. The summed E-state index contributed by atoms with van der Waals surface area (Å²) in [6.45, 7) is 0.653. The molecule has 0 radical (unpaired) electrons. The van der Waals surface area contributed by atoms with Crippen molar-refractivity contribution in [1.82, 2.24) is 0 Å². The molecular formula is C13H18N2O4S. The molecule has 1 unspecified atom stereocenters. The summed E-state index contributed by atoms with van der Waals surface area (Å²) in [5, 5.41) is 2.69. The van der Waals surface area contributed by atoms with E-state index in [4.69, 9.17) is 10.5 Å². The van der Waals surface area contributed by atoms with Crippen molar-refractivity contribution in [3.8, 4) is 5.75 Å². The highest BCUT2D eigenvalue weighted by molar-refractivity contribution is 7.90. The van der Waals surface area contributed by atoms with Gasteiger partial charge in [-0.1, -0.05) is 0 Å². The van der Waals surface area contributed by atoms with Gasteiger partial charge in [0.2, 0.25) is 5.91 Å². The van der Waals surface area contributed by atoms with E-state index in [9.17, 15) is 13.2 Å². The lowest BCUT2D eigenvalue weighted by atomic mass is 10.1. The van der Waals surface area contributed by atoms with Gasteiger partial charge in [-0.2, -0.15) is 0 Å². The molecule has 1 aromatic rings. The first kappa shape index (κ1) is 14.8. The molecule has 1 amide bonds. The number of benzene rings is 1. The molecule has 0 spiro atoms. The number of hydrogen-bond acceptors (Lipinski definition) is 5. The molecule has 2 rings (SSSR count). The fraction of sp³-hybridized carbons (Fsp3) is 0.462. The summed E-state index contributed by atoms with van der Waals surface area (Å²) in [4.78, 5) is 11.9. The lowest BCUT2D eigenvalue weighted by molar-refractivity contribution is -0.117. The molecule has 3 N–H and O–H groups in total. The van der Waals surface area contributed by atoms with E-state index in [-0.39, 0.29) is 18.1 Å². The molecule has 0 aliphatic carbocycles. The van der Waals surface area contributed by atoms with Crippen LogP contribution in [0.15, 0.2) is 18.2 Å². The van der Waals surface area contributed by atoms with Crippen LogP contribution in [0.25, 0.3) is 0 Å². The molecule has 1 aliphatic rings. The fourth-order valence-electron chi connectivity index (χ4n) is 1.97. The van der Waals surface area contributed by atoms with E-state index >= 15 is 0 Å². The van der Waals surface area contributed by atoms with Crippen molar-refractivity contribution in [3.05, 3.63) is 23.8 Å². The van der Waals surface area contributed by atoms with Crippen LogP contribution >= 0.6 is 0 Å². The summed E-state index contributed by atoms with van der Waals surface area (Å²) in [6, 6.07) is 4.56. The summed E-state index contributed by atoms with van der Waals surface area (Å²) in [7, 11) is -3.11. The van der Waals surface area contributed by atoms with Crippen molar-refractivity contribution in [3.63, 3.8) is 0 Å².